The lowest BCUT2D eigenvalue weighted by molar-refractivity contribution is -0.167. The lowest BCUT2D eigenvalue weighted by atomic mass is 10.2. The maximum absolute atomic E-state index is 13.4. The van der Waals surface area contributed by atoms with E-state index in [-0.39, 0.29) is 0 Å². The van der Waals surface area contributed by atoms with Crippen LogP contribution in [0.5, 0.6) is 0 Å². The molecule has 0 saturated carbocycles. The van der Waals surface area contributed by atoms with E-state index in [0.717, 1.165) is 10.9 Å². The highest BCUT2D eigenvalue weighted by atomic mass is 19.3. The summed E-state index contributed by atoms with van der Waals surface area (Å²) in [7, 11) is 0. The summed E-state index contributed by atoms with van der Waals surface area (Å²) in [6.07, 6.45) is 0.737. The topological polar surface area (TPSA) is 68.0 Å². The molecule has 1 N–H and O–H groups in total. The van der Waals surface area contributed by atoms with Crippen molar-refractivity contribution in [2.45, 2.75) is 5.92 Å². The summed E-state index contributed by atoms with van der Waals surface area (Å²) in [6.45, 7) is 0. The average Bonchev–Trinajstić information content (AvgIpc) is 2.79. The summed E-state index contributed by atoms with van der Waals surface area (Å²) < 4.78 is 27.5. The van der Waals surface area contributed by atoms with Gasteiger partial charge in [-0.25, -0.2) is 9.48 Å². The Balaban J connectivity index is 2.53. The van der Waals surface area contributed by atoms with Crippen molar-refractivity contribution in [3.05, 3.63) is 42.2 Å². The van der Waals surface area contributed by atoms with Crippen LogP contribution in [0.2, 0.25) is 0 Å². The Morgan fingerprint density at radius 1 is 1.29 bits per heavy atom. The number of aromatic nitrogens is 3. The second kappa shape index (κ2) is 3.93. The molecule has 1 aromatic carbocycles. The van der Waals surface area contributed by atoms with Crippen molar-refractivity contribution in [2.24, 2.45) is 0 Å². The lowest BCUT2D eigenvalue weighted by Crippen LogP contribution is -2.28. The molecular weight excluding hydrogens is 232 g/mol. The third-order valence-electron chi connectivity index (χ3n) is 2.14. The first-order valence-electron chi connectivity index (χ1n) is 4.61. The summed E-state index contributed by atoms with van der Waals surface area (Å²) >= 11 is 0. The summed E-state index contributed by atoms with van der Waals surface area (Å²) in [4.78, 5) is 10.5. The molecule has 0 bridgehead atoms. The Hall–Kier alpha value is -2.31. The molecule has 0 spiro atoms. The number of benzene rings is 1. The number of hydrogen-bond donors (Lipinski definition) is 1. The van der Waals surface area contributed by atoms with Crippen LogP contribution in [0.1, 0.15) is 5.69 Å². The number of nitrogens with zero attached hydrogens (tertiary/aromatic N) is 3. The van der Waals surface area contributed by atoms with Gasteiger partial charge in [-0.05, 0) is 12.1 Å². The maximum atomic E-state index is 13.4. The number of carbonyl (C=O) groups is 1. The Labute approximate surface area is 94.3 Å². The van der Waals surface area contributed by atoms with E-state index in [4.69, 9.17) is 5.11 Å². The molecule has 7 heteroatoms. The Morgan fingerprint density at radius 2 is 1.94 bits per heavy atom. The summed E-state index contributed by atoms with van der Waals surface area (Å²) in [5.74, 6) is -6.27. The van der Waals surface area contributed by atoms with E-state index in [1.807, 2.05) is 0 Å². The zero-order valence-electron chi connectivity index (χ0n) is 8.42. The van der Waals surface area contributed by atoms with Crippen LogP contribution in [-0.2, 0) is 10.7 Å². The van der Waals surface area contributed by atoms with Gasteiger partial charge in [0.15, 0.2) is 0 Å². The van der Waals surface area contributed by atoms with E-state index in [0.29, 0.717) is 5.69 Å². The first kappa shape index (κ1) is 11.2. The van der Waals surface area contributed by atoms with Crippen molar-refractivity contribution in [3.8, 4) is 5.69 Å². The SMILES string of the molecule is O=C(O)C(F)(F)c1cnnn1-c1ccccc1. The highest BCUT2D eigenvalue weighted by Gasteiger charge is 2.45. The average molecular weight is 239 g/mol. The fraction of sp³-hybridized carbons (Fsp3) is 0.100. The van der Waals surface area contributed by atoms with Crippen LogP contribution in [-0.4, -0.2) is 26.1 Å². The Kier molecular flexibility index (Phi) is 2.58. The zero-order valence-corrected chi connectivity index (χ0v) is 8.42. The minimum absolute atomic E-state index is 0.320. The monoisotopic (exact) mass is 239 g/mol. The smallest absolute Gasteiger partial charge is 0.385 e. The van der Waals surface area contributed by atoms with Gasteiger partial charge in [0.05, 0.1) is 11.9 Å². The molecule has 0 aliphatic rings. The van der Waals surface area contributed by atoms with E-state index in [1.54, 1.807) is 18.2 Å². The zero-order chi connectivity index (χ0) is 12.5. The molecule has 0 fully saturated rings. The van der Waals surface area contributed by atoms with Gasteiger partial charge in [0.1, 0.15) is 5.69 Å². The summed E-state index contributed by atoms with van der Waals surface area (Å²) in [5, 5.41) is 15.2. The van der Waals surface area contributed by atoms with Gasteiger partial charge in [0.25, 0.3) is 0 Å². The standard InChI is InChI=1S/C10H7F2N3O2/c11-10(12,9(16)17)8-6-13-14-15(8)7-4-2-1-3-5-7/h1-6H,(H,16,17). The van der Waals surface area contributed by atoms with Gasteiger partial charge in [-0.2, -0.15) is 8.78 Å². The van der Waals surface area contributed by atoms with Crippen LogP contribution in [0, 0.1) is 0 Å². The quantitative estimate of drug-likeness (QED) is 0.880. The molecule has 88 valence electrons. The second-order valence-electron chi connectivity index (χ2n) is 3.25. The molecule has 0 atom stereocenters. The molecule has 1 aromatic heterocycles. The Morgan fingerprint density at radius 3 is 2.53 bits per heavy atom. The van der Waals surface area contributed by atoms with E-state index >= 15 is 0 Å². The van der Waals surface area contributed by atoms with Gasteiger partial charge < -0.3 is 5.11 Å². The molecule has 0 saturated heterocycles. The van der Waals surface area contributed by atoms with Gasteiger partial charge in [0, 0.05) is 0 Å². The number of rotatable bonds is 3. The molecule has 0 unspecified atom stereocenters. The predicted octanol–water partition coefficient (Wildman–Crippen LogP) is 1.44. The molecule has 0 radical (unpaired) electrons. The van der Waals surface area contributed by atoms with Crippen LogP contribution in [0.4, 0.5) is 8.78 Å². The first-order valence-corrected chi connectivity index (χ1v) is 4.61. The summed E-state index contributed by atoms with van der Waals surface area (Å²) in [6, 6.07) is 8.00. The summed E-state index contributed by atoms with van der Waals surface area (Å²) in [5.41, 5.74) is -0.461. The molecule has 1 heterocycles. The van der Waals surface area contributed by atoms with Crippen LogP contribution < -0.4 is 0 Å². The van der Waals surface area contributed by atoms with Crippen molar-refractivity contribution in [3.63, 3.8) is 0 Å². The molecular formula is C10H7F2N3O2. The third-order valence-corrected chi connectivity index (χ3v) is 2.14. The van der Waals surface area contributed by atoms with E-state index in [2.05, 4.69) is 10.3 Å². The van der Waals surface area contributed by atoms with Crippen LogP contribution >= 0.6 is 0 Å². The number of carboxylic acids is 1. The number of aliphatic carboxylic acids is 1. The molecule has 17 heavy (non-hydrogen) atoms. The Bertz CT molecular complexity index is 539. The number of carboxylic acid groups (broad SMARTS) is 1. The molecule has 2 aromatic rings. The predicted molar refractivity (Wildman–Crippen MR) is 52.9 cm³/mol. The van der Waals surface area contributed by atoms with Gasteiger partial charge >= 0.3 is 11.9 Å². The largest absolute Gasteiger partial charge is 0.476 e. The molecule has 0 aliphatic heterocycles. The van der Waals surface area contributed by atoms with E-state index in [9.17, 15) is 13.6 Å². The van der Waals surface area contributed by atoms with Crippen LogP contribution in [0.15, 0.2) is 36.5 Å². The number of hydrogen-bond acceptors (Lipinski definition) is 3. The molecule has 0 aliphatic carbocycles. The maximum Gasteiger partial charge on any atom is 0.385 e. The van der Waals surface area contributed by atoms with Crippen molar-refractivity contribution in [1.29, 1.82) is 0 Å². The van der Waals surface area contributed by atoms with Crippen LogP contribution in [0.3, 0.4) is 0 Å². The van der Waals surface area contributed by atoms with E-state index in [1.165, 1.54) is 12.1 Å². The van der Waals surface area contributed by atoms with Gasteiger partial charge in [-0.3, -0.25) is 0 Å². The minimum Gasteiger partial charge on any atom is -0.476 e. The highest BCUT2D eigenvalue weighted by Crippen LogP contribution is 2.28. The third kappa shape index (κ3) is 1.86. The normalized spacial score (nSPS) is 11.4. The van der Waals surface area contributed by atoms with Crippen molar-refractivity contribution < 1.29 is 18.7 Å². The lowest BCUT2D eigenvalue weighted by Gasteiger charge is -2.12. The highest BCUT2D eigenvalue weighted by molar-refractivity contribution is 5.76. The van der Waals surface area contributed by atoms with Gasteiger partial charge in [-0.1, -0.05) is 23.4 Å². The number of alkyl halides is 2. The first-order chi connectivity index (χ1) is 8.03. The minimum atomic E-state index is -4.03. The number of halogens is 2. The number of para-hydroxylation sites is 1. The van der Waals surface area contributed by atoms with Crippen molar-refractivity contribution in [2.75, 3.05) is 0 Å². The second-order valence-corrected chi connectivity index (χ2v) is 3.25. The van der Waals surface area contributed by atoms with Gasteiger partial charge in [-0.15, -0.1) is 5.10 Å². The fourth-order valence-corrected chi connectivity index (χ4v) is 1.32. The fourth-order valence-electron chi connectivity index (χ4n) is 1.32. The van der Waals surface area contributed by atoms with Crippen LogP contribution in [0.25, 0.3) is 5.69 Å². The van der Waals surface area contributed by atoms with Crippen molar-refractivity contribution in [1.82, 2.24) is 15.0 Å². The van der Waals surface area contributed by atoms with Gasteiger partial charge in [0.2, 0.25) is 0 Å². The molecule has 5 nitrogen and oxygen atoms in total. The van der Waals surface area contributed by atoms with Crippen molar-refractivity contribution >= 4 is 5.97 Å². The molecule has 0 amide bonds. The molecule has 2 rings (SSSR count). The van der Waals surface area contributed by atoms with E-state index < -0.39 is 17.6 Å².